The third kappa shape index (κ3) is 3.63. The van der Waals surface area contributed by atoms with E-state index in [1.54, 1.807) is 11.8 Å². The monoisotopic (exact) mass is 365 g/mol. The van der Waals surface area contributed by atoms with E-state index in [1.807, 2.05) is 58.0 Å². The minimum atomic E-state index is 0.162. The van der Waals surface area contributed by atoms with Crippen LogP contribution in [0.3, 0.4) is 0 Å². The lowest BCUT2D eigenvalue weighted by molar-refractivity contribution is 0.0679. The lowest BCUT2D eigenvalue weighted by Gasteiger charge is -2.31. The number of fused-ring (bicyclic) bond motifs is 1. The zero-order valence-electron chi connectivity index (χ0n) is 15.0. The Morgan fingerprint density at radius 3 is 2.92 bits per heavy atom. The van der Waals surface area contributed by atoms with Gasteiger partial charge in [0.1, 0.15) is 5.65 Å². The van der Waals surface area contributed by atoms with E-state index in [-0.39, 0.29) is 5.91 Å². The highest BCUT2D eigenvalue weighted by molar-refractivity contribution is 7.98. The Balaban J connectivity index is 1.51. The molecule has 1 aliphatic rings. The maximum Gasteiger partial charge on any atom is 0.254 e. The highest BCUT2D eigenvalue weighted by Crippen LogP contribution is 2.28. The average molecular weight is 366 g/mol. The number of pyridine rings is 1. The highest BCUT2D eigenvalue weighted by Gasteiger charge is 2.23. The van der Waals surface area contributed by atoms with Crippen molar-refractivity contribution in [3.8, 4) is 0 Å². The summed E-state index contributed by atoms with van der Waals surface area (Å²) >= 11 is 1.69. The minimum Gasteiger partial charge on any atom is -0.338 e. The van der Waals surface area contributed by atoms with Crippen LogP contribution in [-0.4, -0.2) is 33.3 Å². The lowest BCUT2D eigenvalue weighted by atomic mass is 9.99. The number of hydrogen-bond acceptors (Lipinski definition) is 3. The summed E-state index contributed by atoms with van der Waals surface area (Å²) < 4.78 is 2.03. The standard InChI is InChI=1S/C21H23N3OS/c1-16-7-6-12-24(13-16)21(25)18-8-2-3-9-19(18)26-15-17-14-23-11-5-4-10-20(23)22-17/h2-5,8-11,14,16H,6-7,12-13,15H2,1H3. The molecule has 1 atom stereocenters. The van der Waals surface area contributed by atoms with Crippen molar-refractivity contribution in [2.45, 2.75) is 30.4 Å². The largest absolute Gasteiger partial charge is 0.338 e. The molecule has 0 radical (unpaired) electrons. The van der Waals surface area contributed by atoms with Crippen molar-refractivity contribution in [2.24, 2.45) is 5.92 Å². The first-order valence-electron chi connectivity index (χ1n) is 9.14. The number of hydrogen-bond donors (Lipinski definition) is 0. The quantitative estimate of drug-likeness (QED) is 0.639. The molecule has 1 aromatic carbocycles. The number of thioether (sulfide) groups is 1. The van der Waals surface area contributed by atoms with Crippen molar-refractivity contribution >= 4 is 23.3 Å². The van der Waals surface area contributed by atoms with Crippen molar-refractivity contribution in [1.82, 2.24) is 14.3 Å². The average Bonchev–Trinajstić information content (AvgIpc) is 3.09. The Bertz CT molecular complexity index is 887. The van der Waals surface area contributed by atoms with Gasteiger partial charge in [0.05, 0.1) is 11.3 Å². The fourth-order valence-electron chi connectivity index (χ4n) is 3.52. The van der Waals surface area contributed by atoms with E-state index in [0.29, 0.717) is 5.92 Å². The van der Waals surface area contributed by atoms with Crippen molar-refractivity contribution in [3.05, 3.63) is 66.1 Å². The van der Waals surface area contributed by atoms with Crippen LogP contribution in [0.25, 0.3) is 5.65 Å². The van der Waals surface area contributed by atoms with Crippen molar-refractivity contribution in [1.29, 1.82) is 0 Å². The molecule has 1 aliphatic heterocycles. The molecule has 2 aromatic heterocycles. The van der Waals surface area contributed by atoms with Crippen molar-refractivity contribution < 1.29 is 4.79 Å². The van der Waals surface area contributed by atoms with Crippen molar-refractivity contribution in [2.75, 3.05) is 13.1 Å². The molecule has 5 heteroatoms. The maximum atomic E-state index is 13.0. The Morgan fingerprint density at radius 1 is 1.23 bits per heavy atom. The molecule has 3 aromatic rings. The van der Waals surface area contributed by atoms with E-state index < -0.39 is 0 Å². The number of likely N-dealkylation sites (tertiary alicyclic amines) is 1. The third-order valence-electron chi connectivity index (χ3n) is 4.85. The molecule has 1 fully saturated rings. The summed E-state index contributed by atoms with van der Waals surface area (Å²) in [6.07, 6.45) is 6.38. The summed E-state index contributed by atoms with van der Waals surface area (Å²) in [5.74, 6) is 1.50. The Hall–Kier alpha value is -2.27. The molecule has 0 bridgehead atoms. The molecule has 0 N–H and O–H groups in total. The van der Waals surface area contributed by atoms with Crippen LogP contribution in [0.4, 0.5) is 0 Å². The number of rotatable bonds is 4. The molecule has 3 heterocycles. The molecular weight excluding hydrogens is 342 g/mol. The zero-order chi connectivity index (χ0) is 17.9. The van der Waals surface area contributed by atoms with Crippen molar-refractivity contribution in [3.63, 3.8) is 0 Å². The Kier molecular flexibility index (Phi) is 4.98. The van der Waals surface area contributed by atoms with Gasteiger partial charge in [-0.1, -0.05) is 25.1 Å². The summed E-state index contributed by atoms with van der Waals surface area (Å²) in [5.41, 5.74) is 2.79. The summed E-state index contributed by atoms with van der Waals surface area (Å²) in [6, 6.07) is 13.9. The van der Waals surface area contributed by atoms with E-state index in [9.17, 15) is 4.79 Å². The van der Waals surface area contributed by atoms with Gasteiger partial charge in [0, 0.05) is 36.1 Å². The molecular formula is C21H23N3OS. The normalized spacial score (nSPS) is 17.6. The molecule has 26 heavy (non-hydrogen) atoms. The second kappa shape index (κ2) is 7.54. The first kappa shape index (κ1) is 17.2. The minimum absolute atomic E-state index is 0.162. The summed E-state index contributed by atoms with van der Waals surface area (Å²) in [6.45, 7) is 3.96. The number of benzene rings is 1. The van der Waals surface area contributed by atoms with Gasteiger partial charge < -0.3 is 9.30 Å². The van der Waals surface area contributed by atoms with Crippen LogP contribution in [0.5, 0.6) is 0 Å². The van der Waals surface area contributed by atoms with E-state index in [4.69, 9.17) is 0 Å². The van der Waals surface area contributed by atoms with E-state index in [0.717, 1.165) is 47.1 Å². The molecule has 1 amide bonds. The second-order valence-electron chi connectivity index (χ2n) is 6.98. The lowest BCUT2D eigenvalue weighted by Crippen LogP contribution is -2.39. The summed E-state index contributed by atoms with van der Waals surface area (Å²) in [7, 11) is 0. The van der Waals surface area contributed by atoms with Crippen LogP contribution < -0.4 is 0 Å². The smallest absolute Gasteiger partial charge is 0.254 e. The predicted octanol–water partition coefficient (Wildman–Crippen LogP) is 4.50. The number of amides is 1. The van der Waals surface area contributed by atoms with E-state index in [1.165, 1.54) is 6.42 Å². The molecule has 0 aliphatic carbocycles. The number of piperidine rings is 1. The van der Waals surface area contributed by atoms with Gasteiger partial charge in [-0.05, 0) is 43.0 Å². The third-order valence-corrected chi connectivity index (χ3v) is 5.96. The first-order valence-corrected chi connectivity index (χ1v) is 10.1. The Morgan fingerprint density at radius 2 is 2.08 bits per heavy atom. The van der Waals surface area contributed by atoms with Crippen LogP contribution in [0.15, 0.2) is 59.8 Å². The molecule has 134 valence electrons. The number of carbonyl (C=O) groups excluding carboxylic acids is 1. The fourth-order valence-corrected chi connectivity index (χ4v) is 4.45. The van der Waals surface area contributed by atoms with Gasteiger partial charge >= 0.3 is 0 Å². The topological polar surface area (TPSA) is 37.6 Å². The van der Waals surface area contributed by atoms with Gasteiger partial charge in [0.25, 0.3) is 5.91 Å². The van der Waals surface area contributed by atoms with Gasteiger partial charge in [0.2, 0.25) is 0 Å². The number of imidazole rings is 1. The summed E-state index contributed by atoms with van der Waals surface area (Å²) in [4.78, 5) is 20.7. The van der Waals surface area contributed by atoms with Gasteiger partial charge in [-0.3, -0.25) is 4.79 Å². The molecule has 1 unspecified atom stereocenters. The number of aromatic nitrogens is 2. The highest BCUT2D eigenvalue weighted by atomic mass is 32.2. The second-order valence-corrected chi connectivity index (χ2v) is 8.00. The van der Waals surface area contributed by atoms with Crippen LogP contribution in [0, 0.1) is 5.92 Å². The van der Waals surface area contributed by atoms with Gasteiger partial charge in [-0.25, -0.2) is 4.98 Å². The van der Waals surface area contributed by atoms with Crippen LogP contribution in [0.1, 0.15) is 35.8 Å². The SMILES string of the molecule is CC1CCCN(C(=O)c2ccccc2SCc2cn3ccccc3n2)C1. The summed E-state index contributed by atoms with van der Waals surface area (Å²) in [5, 5.41) is 0. The fraction of sp³-hybridized carbons (Fsp3) is 0.333. The van der Waals surface area contributed by atoms with E-state index in [2.05, 4.69) is 18.1 Å². The van der Waals surface area contributed by atoms with Crippen LogP contribution >= 0.6 is 11.8 Å². The molecule has 0 saturated carbocycles. The molecule has 0 spiro atoms. The van der Waals surface area contributed by atoms with Gasteiger partial charge in [-0.15, -0.1) is 11.8 Å². The number of carbonyl (C=O) groups is 1. The van der Waals surface area contributed by atoms with Gasteiger partial charge in [-0.2, -0.15) is 0 Å². The zero-order valence-corrected chi connectivity index (χ0v) is 15.8. The molecule has 1 saturated heterocycles. The predicted molar refractivity (Wildman–Crippen MR) is 105 cm³/mol. The van der Waals surface area contributed by atoms with Crippen LogP contribution in [-0.2, 0) is 5.75 Å². The van der Waals surface area contributed by atoms with E-state index >= 15 is 0 Å². The molecule has 4 nitrogen and oxygen atoms in total. The number of nitrogens with zero attached hydrogens (tertiary/aromatic N) is 3. The maximum absolute atomic E-state index is 13.0. The molecule has 4 rings (SSSR count). The van der Waals surface area contributed by atoms with Crippen LogP contribution in [0.2, 0.25) is 0 Å². The van der Waals surface area contributed by atoms with Gasteiger partial charge in [0.15, 0.2) is 0 Å². The first-order chi connectivity index (χ1) is 12.7. The Labute approximate surface area is 158 Å².